The number of hydrogen-bond acceptors (Lipinski definition) is 5. The highest BCUT2D eigenvalue weighted by Crippen LogP contribution is 2.36. The van der Waals surface area contributed by atoms with Gasteiger partial charge in [-0.25, -0.2) is 4.98 Å². The number of aryl methyl sites for hydroxylation is 1. The van der Waals surface area contributed by atoms with Gasteiger partial charge in [-0.3, -0.25) is 9.69 Å². The van der Waals surface area contributed by atoms with Crippen molar-refractivity contribution in [3.8, 4) is 0 Å². The number of rotatable bonds is 4. The average molecular weight is 386 g/mol. The van der Waals surface area contributed by atoms with Crippen LogP contribution < -0.4 is 5.32 Å². The van der Waals surface area contributed by atoms with Crippen LogP contribution in [0, 0.1) is 6.92 Å². The molecule has 2 heterocycles. The summed E-state index contributed by atoms with van der Waals surface area (Å²) in [6.07, 6.45) is 1.77. The Balaban J connectivity index is 1.59. The first-order valence-electron chi connectivity index (χ1n) is 9.63. The van der Waals surface area contributed by atoms with Crippen LogP contribution in [0.15, 0.2) is 29.6 Å². The van der Waals surface area contributed by atoms with Gasteiger partial charge in [-0.15, -0.1) is 11.3 Å². The third kappa shape index (κ3) is 3.66. The molecule has 1 aliphatic carbocycles. The molecule has 1 aliphatic heterocycles. The first-order chi connectivity index (χ1) is 13.0. The SMILES string of the molecule is Cc1nc(CNC(=O)C2(N3C[C@@H](C)O[C@@H](C)C3)Cc3ccccc3C2)cs1. The predicted molar refractivity (Wildman–Crippen MR) is 107 cm³/mol. The molecule has 2 atom stereocenters. The Morgan fingerprint density at radius 2 is 1.89 bits per heavy atom. The van der Waals surface area contributed by atoms with E-state index in [2.05, 4.69) is 53.3 Å². The molecule has 1 aromatic heterocycles. The highest BCUT2D eigenvalue weighted by atomic mass is 32.1. The van der Waals surface area contributed by atoms with Crippen molar-refractivity contribution < 1.29 is 9.53 Å². The Morgan fingerprint density at radius 3 is 2.44 bits per heavy atom. The molecule has 144 valence electrons. The molecule has 0 saturated carbocycles. The number of ether oxygens (including phenoxy) is 1. The first kappa shape index (κ1) is 18.6. The minimum Gasteiger partial charge on any atom is -0.373 e. The molecule has 0 bridgehead atoms. The molecule has 1 N–H and O–H groups in total. The summed E-state index contributed by atoms with van der Waals surface area (Å²) >= 11 is 1.62. The summed E-state index contributed by atoms with van der Waals surface area (Å²) < 4.78 is 5.93. The van der Waals surface area contributed by atoms with Gasteiger partial charge in [0.05, 0.1) is 29.5 Å². The van der Waals surface area contributed by atoms with Crippen molar-refractivity contribution in [3.05, 3.63) is 51.5 Å². The largest absolute Gasteiger partial charge is 0.373 e. The standard InChI is InChI=1S/C21H27N3O2S/c1-14-11-24(12-15(2)26-14)21(8-17-6-4-5-7-18(17)9-21)20(25)22-10-19-13-27-16(3)23-19/h4-7,13-15H,8-12H2,1-3H3,(H,22,25)/t14-,15+. The van der Waals surface area contributed by atoms with E-state index in [-0.39, 0.29) is 18.1 Å². The number of benzene rings is 1. The van der Waals surface area contributed by atoms with Gasteiger partial charge in [0.25, 0.3) is 0 Å². The zero-order valence-corrected chi connectivity index (χ0v) is 17.0. The van der Waals surface area contributed by atoms with Crippen LogP contribution in [-0.2, 0) is 28.9 Å². The number of nitrogens with zero attached hydrogens (tertiary/aromatic N) is 2. The van der Waals surface area contributed by atoms with Gasteiger partial charge in [-0.05, 0) is 31.9 Å². The summed E-state index contributed by atoms with van der Waals surface area (Å²) in [7, 11) is 0. The van der Waals surface area contributed by atoms with Crippen LogP contribution in [0.1, 0.15) is 35.7 Å². The van der Waals surface area contributed by atoms with Gasteiger partial charge in [-0.2, -0.15) is 0 Å². The Bertz CT molecular complexity index is 799. The van der Waals surface area contributed by atoms with Crippen LogP contribution >= 0.6 is 11.3 Å². The molecular formula is C21H27N3O2S. The van der Waals surface area contributed by atoms with Crippen LogP contribution in [0.4, 0.5) is 0 Å². The van der Waals surface area contributed by atoms with Gasteiger partial charge < -0.3 is 10.1 Å². The second-order valence-corrected chi connectivity index (χ2v) is 8.92. The first-order valence-corrected chi connectivity index (χ1v) is 10.5. The summed E-state index contributed by atoms with van der Waals surface area (Å²) in [5.41, 5.74) is 2.95. The molecule has 1 fully saturated rings. The van der Waals surface area contributed by atoms with Crippen LogP contribution in [0.3, 0.4) is 0 Å². The van der Waals surface area contributed by atoms with Crippen LogP contribution in [0.25, 0.3) is 0 Å². The molecule has 0 radical (unpaired) electrons. The lowest BCUT2D eigenvalue weighted by molar-refractivity contribution is -0.144. The number of fused-ring (bicyclic) bond motifs is 1. The summed E-state index contributed by atoms with van der Waals surface area (Å²) in [4.78, 5) is 20.3. The number of carbonyl (C=O) groups is 1. The van der Waals surface area contributed by atoms with Crippen LogP contribution in [0.5, 0.6) is 0 Å². The number of nitrogens with one attached hydrogen (secondary N) is 1. The maximum absolute atomic E-state index is 13.5. The zero-order chi connectivity index (χ0) is 19.0. The topological polar surface area (TPSA) is 54.5 Å². The number of aromatic nitrogens is 1. The van der Waals surface area contributed by atoms with Crippen molar-refractivity contribution in [2.45, 2.75) is 57.9 Å². The van der Waals surface area contributed by atoms with Crippen molar-refractivity contribution in [1.29, 1.82) is 0 Å². The van der Waals surface area contributed by atoms with Crippen LogP contribution in [-0.4, -0.2) is 46.6 Å². The lowest BCUT2D eigenvalue weighted by Crippen LogP contribution is -2.64. The summed E-state index contributed by atoms with van der Waals surface area (Å²) in [6, 6.07) is 8.44. The number of carbonyl (C=O) groups excluding carboxylic acids is 1. The third-order valence-electron chi connectivity index (χ3n) is 5.63. The lowest BCUT2D eigenvalue weighted by Gasteiger charge is -2.45. The predicted octanol–water partition coefficient (Wildman–Crippen LogP) is 2.71. The number of morpholine rings is 1. The maximum Gasteiger partial charge on any atom is 0.241 e. The second-order valence-electron chi connectivity index (χ2n) is 7.86. The van der Waals surface area contributed by atoms with E-state index in [1.165, 1.54) is 11.1 Å². The van der Waals surface area contributed by atoms with Gasteiger partial charge in [0.2, 0.25) is 5.91 Å². The lowest BCUT2D eigenvalue weighted by atomic mass is 9.90. The van der Waals surface area contributed by atoms with E-state index in [1.54, 1.807) is 11.3 Å². The molecule has 4 rings (SSSR count). The molecule has 6 heteroatoms. The number of thiazole rings is 1. The quantitative estimate of drug-likeness (QED) is 0.879. The maximum atomic E-state index is 13.5. The fourth-order valence-corrected chi connectivity index (χ4v) is 5.09. The summed E-state index contributed by atoms with van der Waals surface area (Å²) in [5, 5.41) is 6.22. The van der Waals surface area contributed by atoms with Crippen molar-refractivity contribution in [3.63, 3.8) is 0 Å². The van der Waals surface area contributed by atoms with E-state index in [9.17, 15) is 4.79 Å². The van der Waals surface area contributed by atoms with E-state index < -0.39 is 5.54 Å². The number of amides is 1. The molecule has 2 aliphatic rings. The van der Waals surface area contributed by atoms with Crippen molar-refractivity contribution in [1.82, 2.24) is 15.2 Å². The van der Waals surface area contributed by atoms with E-state index in [0.717, 1.165) is 36.6 Å². The minimum absolute atomic E-state index is 0.102. The van der Waals surface area contributed by atoms with Gasteiger partial charge in [-0.1, -0.05) is 24.3 Å². The molecule has 2 aromatic rings. The minimum atomic E-state index is -0.541. The van der Waals surface area contributed by atoms with Crippen molar-refractivity contribution in [2.75, 3.05) is 13.1 Å². The normalized spacial score (nSPS) is 24.6. The Labute approximate surface area is 164 Å². The Hall–Kier alpha value is -1.76. The van der Waals surface area contributed by atoms with Gasteiger partial charge in [0.1, 0.15) is 5.54 Å². The smallest absolute Gasteiger partial charge is 0.241 e. The molecule has 5 nitrogen and oxygen atoms in total. The molecule has 0 spiro atoms. The number of hydrogen-bond donors (Lipinski definition) is 1. The zero-order valence-electron chi connectivity index (χ0n) is 16.2. The summed E-state index contributed by atoms with van der Waals surface area (Å²) in [5.74, 6) is 0.102. The monoisotopic (exact) mass is 385 g/mol. The molecule has 1 saturated heterocycles. The molecule has 27 heavy (non-hydrogen) atoms. The summed E-state index contributed by atoms with van der Waals surface area (Å²) in [6.45, 7) is 8.21. The average Bonchev–Trinajstić information content (AvgIpc) is 3.23. The molecule has 1 aromatic carbocycles. The fourth-order valence-electron chi connectivity index (χ4n) is 4.47. The highest BCUT2D eigenvalue weighted by molar-refractivity contribution is 7.09. The van der Waals surface area contributed by atoms with Gasteiger partial charge >= 0.3 is 0 Å². The van der Waals surface area contributed by atoms with E-state index >= 15 is 0 Å². The van der Waals surface area contributed by atoms with Crippen LogP contribution in [0.2, 0.25) is 0 Å². The highest BCUT2D eigenvalue weighted by Gasteiger charge is 2.49. The van der Waals surface area contributed by atoms with Crippen molar-refractivity contribution in [2.24, 2.45) is 0 Å². The van der Waals surface area contributed by atoms with Gasteiger partial charge in [0, 0.05) is 31.3 Å². The van der Waals surface area contributed by atoms with Gasteiger partial charge in [0.15, 0.2) is 0 Å². The molecular weight excluding hydrogens is 358 g/mol. The van der Waals surface area contributed by atoms with E-state index in [4.69, 9.17) is 4.74 Å². The Morgan fingerprint density at radius 1 is 1.26 bits per heavy atom. The van der Waals surface area contributed by atoms with E-state index in [1.807, 2.05) is 12.3 Å². The Kier molecular flexibility index (Phi) is 5.05. The fraction of sp³-hybridized carbons (Fsp3) is 0.524. The second kappa shape index (κ2) is 7.34. The van der Waals surface area contributed by atoms with E-state index in [0.29, 0.717) is 6.54 Å². The molecule has 1 amide bonds. The molecule has 0 unspecified atom stereocenters. The third-order valence-corrected chi connectivity index (χ3v) is 6.45. The van der Waals surface area contributed by atoms with Crippen molar-refractivity contribution >= 4 is 17.2 Å².